The van der Waals surface area contributed by atoms with Gasteiger partial charge in [0.25, 0.3) is 0 Å². The third kappa shape index (κ3) is 5.24. The number of rotatable bonds is 7. The number of benzene rings is 2. The molecule has 1 heterocycles. The highest BCUT2D eigenvalue weighted by atomic mass is 32.2. The second-order valence-corrected chi connectivity index (χ2v) is 11.9. The van der Waals surface area contributed by atoms with Crippen molar-refractivity contribution in [2.75, 3.05) is 18.3 Å². The van der Waals surface area contributed by atoms with Crippen molar-refractivity contribution in [1.82, 2.24) is 4.98 Å². The summed E-state index contributed by atoms with van der Waals surface area (Å²) < 4.78 is 96.1. The van der Waals surface area contributed by atoms with E-state index in [1.54, 1.807) is 18.2 Å². The number of nitrogens with one attached hydrogen (secondary N) is 1. The van der Waals surface area contributed by atoms with Gasteiger partial charge >= 0.3 is 0 Å². The fraction of sp³-hybridized carbons (Fsp3) is 0.133. The summed E-state index contributed by atoms with van der Waals surface area (Å²) in [5.74, 6) is -0.327. The van der Waals surface area contributed by atoms with Crippen LogP contribution in [0.4, 0.5) is 5.69 Å². The van der Waals surface area contributed by atoms with Crippen LogP contribution in [0.15, 0.2) is 50.5 Å². The van der Waals surface area contributed by atoms with Crippen molar-refractivity contribution >= 4 is 57.3 Å². The Bertz CT molecular complexity index is 1390. The molecule has 162 valence electrons. The Morgan fingerprint density at radius 3 is 2.10 bits per heavy atom. The van der Waals surface area contributed by atoms with Crippen LogP contribution in [0.5, 0.6) is 5.75 Å². The quantitative estimate of drug-likeness (QED) is 0.366. The van der Waals surface area contributed by atoms with Gasteiger partial charge in [-0.05, 0) is 36.4 Å². The fourth-order valence-corrected chi connectivity index (χ4v) is 5.31. The van der Waals surface area contributed by atoms with E-state index in [4.69, 9.17) is 4.74 Å². The van der Waals surface area contributed by atoms with Crippen LogP contribution < -0.4 is 10.1 Å². The summed E-state index contributed by atoms with van der Waals surface area (Å²) in [5.41, 5.74) is 0.973. The second kappa shape index (κ2) is 7.75. The highest BCUT2D eigenvalue weighted by Crippen LogP contribution is 2.28. The van der Waals surface area contributed by atoms with Crippen LogP contribution in [0.3, 0.4) is 0 Å². The number of aromatic nitrogens is 1. The summed E-state index contributed by atoms with van der Waals surface area (Å²) in [6.07, 6.45) is 1.05. The average Bonchev–Trinajstić information content (AvgIpc) is 3.04. The number of nitrogens with zero attached hydrogens (tertiary/aromatic N) is 1. The molecule has 0 amide bonds. The normalized spacial score (nSPS) is 12.8. The van der Waals surface area contributed by atoms with Crippen LogP contribution in [0.1, 0.15) is 0 Å². The Morgan fingerprint density at radius 2 is 1.57 bits per heavy atom. The minimum absolute atomic E-state index is 0.0344. The first-order valence-corrected chi connectivity index (χ1v) is 13.3. The number of hydrogen-bond donors (Lipinski definition) is 1. The summed E-state index contributed by atoms with van der Waals surface area (Å²) in [7, 11) is -13.5. The lowest BCUT2D eigenvalue weighted by Gasteiger charge is -2.15. The Hall–Kier alpha value is -2.30. The molecule has 0 saturated carbocycles. The van der Waals surface area contributed by atoms with Crippen molar-refractivity contribution in [3.05, 3.63) is 36.4 Å². The van der Waals surface area contributed by atoms with E-state index in [-0.39, 0.29) is 16.8 Å². The molecule has 0 radical (unpaired) electrons. The van der Waals surface area contributed by atoms with Crippen LogP contribution in [0.2, 0.25) is 0 Å². The van der Waals surface area contributed by atoms with E-state index in [9.17, 15) is 34.4 Å². The summed E-state index contributed by atoms with van der Waals surface area (Å²) in [6.45, 7) is -0.288. The van der Waals surface area contributed by atoms with Crippen molar-refractivity contribution in [2.24, 2.45) is 0 Å². The van der Waals surface area contributed by atoms with E-state index in [2.05, 4.69) is 10.3 Å². The van der Waals surface area contributed by atoms with Gasteiger partial charge in [-0.1, -0.05) is 0 Å². The van der Waals surface area contributed by atoms with Crippen molar-refractivity contribution in [3.8, 4) is 5.75 Å². The second-order valence-electron chi connectivity index (χ2n) is 5.95. The third-order valence-electron chi connectivity index (χ3n) is 3.63. The highest BCUT2D eigenvalue weighted by molar-refractivity contribution is 7.92. The van der Waals surface area contributed by atoms with Gasteiger partial charge in [-0.3, -0.25) is 0 Å². The Kier molecular flexibility index (Phi) is 5.78. The lowest BCUT2D eigenvalue weighted by Crippen LogP contribution is -2.10. The van der Waals surface area contributed by atoms with Gasteiger partial charge in [0, 0.05) is 11.9 Å². The van der Waals surface area contributed by atoms with Crippen molar-refractivity contribution in [3.63, 3.8) is 0 Å². The van der Waals surface area contributed by atoms with Crippen LogP contribution in [-0.2, 0) is 30.1 Å². The van der Waals surface area contributed by atoms with Gasteiger partial charge in [0.1, 0.15) is 26.0 Å². The van der Waals surface area contributed by atoms with E-state index in [1.807, 2.05) is 0 Å². The molecule has 0 aliphatic carbocycles. The van der Waals surface area contributed by atoms with Crippen LogP contribution in [-0.4, -0.2) is 52.3 Å². The van der Waals surface area contributed by atoms with Crippen molar-refractivity contribution in [2.45, 2.75) is 14.1 Å². The van der Waals surface area contributed by atoms with Crippen molar-refractivity contribution in [1.29, 1.82) is 0 Å². The molecule has 30 heavy (non-hydrogen) atoms. The van der Waals surface area contributed by atoms with Gasteiger partial charge in [-0.15, -0.1) is 11.3 Å². The van der Waals surface area contributed by atoms with Gasteiger partial charge in [0.15, 0.2) is 6.73 Å². The number of hydrogen-bond acceptors (Lipinski definition) is 12. The molecule has 1 aromatic heterocycles. The number of sulfone groups is 1. The standard InChI is InChI=1S/C15H14N2O9S4/c1-28(18,19)15-17-13-3-2-9(4-14(13)27-15)16-8-26-10-5-11(29(20,21)22)7-12(6-10)30(23,24)25/h2-7,16H,8H2,1H3,(H,20,21,22)(H,23,24,25)/p-2. The molecule has 0 atom stereocenters. The van der Waals surface area contributed by atoms with Gasteiger partial charge in [0.2, 0.25) is 14.2 Å². The summed E-state index contributed by atoms with van der Waals surface area (Å²) in [4.78, 5) is 2.17. The zero-order valence-electron chi connectivity index (χ0n) is 14.9. The van der Waals surface area contributed by atoms with Gasteiger partial charge < -0.3 is 19.2 Å². The Morgan fingerprint density at radius 1 is 0.967 bits per heavy atom. The highest BCUT2D eigenvalue weighted by Gasteiger charge is 2.14. The lowest BCUT2D eigenvalue weighted by molar-refractivity contribution is 0.344. The largest absolute Gasteiger partial charge is 0.744 e. The number of anilines is 1. The Balaban J connectivity index is 1.80. The molecule has 15 heteroatoms. The zero-order valence-corrected chi connectivity index (χ0v) is 18.2. The molecule has 2 aromatic carbocycles. The first-order valence-electron chi connectivity index (χ1n) is 7.78. The van der Waals surface area contributed by atoms with Gasteiger partial charge in [0.05, 0.1) is 20.0 Å². The molecule has 3 aromatic rings. The minimum atomic E-state index is -5.03. The third-order valence-corrected chi connectivity index (χ3v) is 7.95. The van der Waals surface area contributed by atoms with Crippen LogP contribution in [0, 0.1) is 0 Å². The molecule has 11 nitrogen and oxygen atoms in total. The molecule has 3 rings (SSSR count). The maximum absolute atomic E-state index is 11.6. The molecule has 0 fully saturated rings. The summed E-state index contributed by atoms with van der Waals surface area (Å²) in [5, 5.41) is 2.80. The van der Waals surface area contributed by atoms with Crippen molar-refractivity contribution < 1.29 is 39.1 Å². The van der Waals surface area contributed by atoms with Crippen LogP contribution >= 0.6 is 11.3 Å². The number of ether oxygens (including phenoxy) is 1. The topological polar surface area (TPSA) is 183 Å². The molecule has 0 saturated heterocycles. The predicted molar refractivity (Wildman–Crippen MR) is 104 cm³/mol. The molecule has 0 bridgehead atoms. The molecular weight excluding hydrogens is 480 g/mol. The molecule has 0 spiro atoms. The minimum Gasteiger partial charge on any atom is -0.744 e. The average molecular weight is 493 g/mol. The smallest absolute Gasteiger partial charge is 0.210 e. The molecule has 0 unspecified atom stereocenters. The van der Waals surface area contributed by atoms with Gasteiger partial charge in [-0.2, -0.15) is 0 Å². The fourth-order valence-electron chi connectivity index (χ4n) is 2.29. The SMILES string of the molecule is CS(=O)(=O)c1nc2ccc(NCOc3cc(S(=O)(=O)[O-])cc(S(=O)(=O)[O-])c3)cc2s1. The molecule has 1 N–H and O–H groups in total. The predicted octanol–water partition coefficient (Wildman–Crippen LogP) is 0.956. The molecule has 0 aliphatic rings. The van der Waals surface area contributed by atoms with E-state index < -0.39 is 39.9 Å². The van der Waals surface area contributed by atoms with Crippen LogP contribution in [0.25, 0.3) is 10.2 Å². The van der Waals surface area contributed by atoms with E-state index in [1.165, 1.54) is 0 Å². The lowest BCUT2D eigenvalue weighted by atomic mass is 10.3. The number of fused-ring (bicyclic) bond motifs is 1. The first-order chi connectivity index (χ1) is 13.7. The molecular formula is C15H12N2O9S4-2. The van der Waals surface area contributed by atoms with Gasteiger partial charge in [-0.25, -0.2) is 30.2 Å². The Labute approximate surface area is 175 Å². The van der Waals surface area contributed by atoms with E-state index >= 15 is 0 Å². The van der Waals surface area contributed by atoms with E-state index in [0.717, 1.165) is 29.7 Å². The monoisotopic (exact) mass is 492 g/mol. The molecule has 0 aliphatic heterocycles. The summed E-state index contributed by atoms with van der Waals surface area (Å²) in [6, 6.07) is 6.82. The first kappa shape index (κ1) is 22.4. The zero-order chi connectivity index (χ0) is 22.3. The maximum Gasteiger partial charge on any atom is 0.210 e. The maximum atomic E-state index is 11.6. The summed E-state index contributed by atoms with van der Waals surface area (Å²) >= 11 is 0.975. The van der Waals surface area contributed by atoms with E-state index in [0.29, 0.717) is 22.0 Å². The number of thiazole rings is 1.